The summed E-state index contributed by atoms with van der Waals surface area (Å²) in [5.74, 6) is 2.06. The van der Waals surface area contributed by atoms with Crippen molar-refractivity contribution >= 4 is 16.9 Å². The van der Waals surface area contributed by atoms with E-state index in [1.807, 2.05) is 41.6 Å². The van der Waals surface area contributed by atoms with E-state index < -0.39 is 0 Å². The number of anilines is 1. The summed E-state index contributed by atoms with van der Waals surface area (Å²) in [7, 11) is 0. The first kappa shape index (κ1) is 18.0. The van der Waals surface area contributed by atoms with Gasteiger partial charge < -0.3 is 10.7 Å². The molecule has 0 saturated carbocycles. The van der Waals surface area contributed by atoms with Crippen LogP contribution in [-0.4, -0.2) is 19.7 Å². The van der Waals surface area contributed by atoms with Crippen molar-refractivity contribution in [3.8, 4) is 11.1 Å². The van der Waals surface area contributed by atoms with E-state index in [0.29, 0.717) is 12.0 Å². The molecule has 4 rings (SSSR count). The minimum Gasteiger partial charge on any atom is -0.325 e. The maximum Gasteiger partial charge on any atom is 0.132 e. The molecule has 0 radical (unpaired) electrons. The molecule has 0 aliphatic carbocycles. The Morgan fingerprint density at radius 1 is 1.04 bits per heavy atom. The number of hydrazine groups is 1. The fourth-order valence-corrected chi connectivity index (χ4v) is 2.98. The summed E-state index contributed by atoms with van der Waals surface area (Å²) in [6.45, 7) is 8.54. The van der Waals surface area contributed by atoms with Crippen molar-refractivity contribution in [1.82, 2.24) is 30.6 Å². The molecule has 3 aromatic rings. The smallest absolute Gasteiger partial charge is 0.132 e. The molecule has 0 fully saturated rings. The van der Waals surface area contributed by atoms with Gasteiger partial charge in [0.2, 0.25) is 0 Å². The molecule has 0 unspecified atom stereocenters. The summed E-state index contributed by atoms with van der Waals surface area (Å²) >= 11 is 0. The van der Waals surface area contributed by atoms with E-state index in [0.717, 1.165) is 33.8 Å². The first-order valence-corrected chi connectivity index (χ1v) is 9.51. The van der Waals surface area contributed by atoms with Gasteiger partial charge in [0.05, 0.1) is 17.2 Å². The van der Waals surface area contributed by atoms with Gasteiger partial charge in [0.15, 0.2) is 0 Å². The lowest BCUT2D eigenvalue weighted by molar-refractivity contribution is 0.532. The highest BCUT2D eigenvalue weighted by Crippen LogP contribution is 2.24. The summed E-state index contributed by atoms with van der Waals surface area (Å²) in [5, 5.41) is 7.74. The zero-order valence-corrected chi connectivity index (χ0v) is 16.6. The molecule has 4 heterocycles. The number of hydrogen-bond donors (Lipinski definition) is 3. The fourth-order valence-electron chi connectivity index (χ4n) is 2.98. The Morgan fingerprint density at radius 2 is 1.89 bits per heavy atom. The molecule has 0 aromatic carbocycles. The van der Waals surface area contributed by atoms with Gasteiger partial charge in [0.1, 0.15) is 11.6 Å². The van der Waals surface area contributed by atoms with Crippen molar-refractivity contribution in [2.45, 2.75) is 33.7 Å². The quantitative estimate of drug-likeness (QED) is 0.626. The predicted molar refractivity (Wildman–Crippen MR) is 112 cm³/mol. The summed E-state index contributed by atoms with van der Waals surface area (Å²) in [6, 6.07) is 6.28. The van der Waals surface area contributed by atoms with Crippen molar-refractivity contribution in [3.05, 3.63) is 60.5 Å². The highest BCUT2D eigenvalue weighted by Gasteiger charge is 2.10. The monoisotopic (exact) mass is 375 g/mol. The van der Waals surface area contributed by atoms with Crippen molar-refractivity contribution in [1.29, 1.82) is 0 Å². The Kier molecular flexibility index (Phi) is 4.73. The van der Waals surface area contributed by atoms with E-state index in [1.54, 1.807) is 0 Å². The number of fused-ring (bicyclic) bond motifs is 1. The lowest BCUT2D eigenvalue weighted by Crippen LogP contribution is -2.33. The molecule has 7 nitrogen and oxygen atoms in total. The van der Waals surface area contributed by atoms with Crippen molar-refractivity contribution in [2.24, 2.45) is 5.92 Å². The Bertz CT molecular complexity index is 1060. The molecule has 0 bridgehead atoms. The number of aromatic nitrogens is 4. The van der Waals surface area contributed by atoms with Gasteiger partial charge in [0, 0.05) is 35.8 Å². The molecular formula is C21H25N7. The van der Waals surface area contributed by atoms with Gasteiger partial charge in [-0.25, -0.2) is 4.98 Å². The zero-order chi connectivity index (χ0) is 19.7. The molecule has 3 N–H and O–H groups in total. The molecule has 0 saturated heterocycles. The van der Waals surface area contributed by atoms with Crippen LogP contribution in [0.5, 0.6) is 0 Å². The molecule has 28 heavy (non-hydrogen) atoms. The third kappa shape index (κ3) is 3.69. The second-order valence-electron chi connectivity index (χ2n) is 7.51. The Balaban J connectivity index is 1.62. The highest BCUT2D eigenvalue weighted by molar-refractivity contribution is 5.81. The van der Waals surface area contributed by atoms with Gasteiger partial charge >= 0.3 is 0 Å². The van der Waals surface area contributed by atoms with E-state index in [9.17, 15) is 0 Å². The average Bonchev–Trinajstić information content (AvgIpc) is 3.18. The largest absolute Gasteiger partial charge is 0.325 e. The van der Waals surface area contributed by atoms with Crippen molar-refractivity contribution in [3.63, 3.8) is 0 Å². The summed E-state index contributed by atoms with van der Waals surface area (Å²) < 4.78 is 1.94. The van der Waals surface area contributed by atoms with Gasteiger partial charge in [-0.05, 0) is 49.6 Å². The van der Waals surface area contributed by atoms with Gasteiger partial charge in [-0.3, -0.25) is 15.1 Å². The van der Waals surface area contributed by atoms with Crippen LogP contribution < -0.4 is 16.2 Å². The van der Waals surface area contributed by atoms with Crippen LogP contribution in [0.3, 0.4) is 0 Å². The number of pyridine rings is 2. The first-order chi connectivity index (χ1) is 13.5. The second kappa shape index (κ2) is 7.34. The molecule has 0 spiro atoms. The number of rotatable bonds is 5. The van der Waals surface area contributed by atoms with Crippen LogP contribution in [0.1, 0.15) is 33.7 Å². The first-order valence-electron chi connectivity index (χ1n) is 9.51. The Hall–Kier alpha value is -3.35. The van der Waals surface area contributed by atoms with Crippen molar-refractivity contribution < 1.29 is 0 Å². The zero-order valence-electron chi connectivity index (χ0n) is 16.6. The van der Waals surface area contributed by atoms with Crippen LogP contribution in [0, 0.1) is 5.92 Å². The van der Waals surface area contributed by atoms with Gasteiger partial charge in [0.25, 0.3) is 0 Å². The third-order valence-electron chi connectivity index (χ3n) is 4.69. The maximum atomic E-state index is 4.74. The van der Waals surface area contributed by atoms with Crippen LogP contribution in [-0.2, 0) is 0 Å². The molecule has 7 heteroatoms. The third-order valence-corrected chi connectivity index (χ3v) is 4.69. The Labute approximate surface area is 164 Å². The van der Waals surface area contributed by atoms with E-state index in [2.05, 4.69) is 66.1 Å². The molecule has 0 amide bonds. The van der Waals surface area contributed by atoms with E-state index >= 15 is 0 Å². The standard InChI is InChI=1S/C21H25N7/c1-13(2)15-8-21(27-23-10-15)26-20-6-5-18-19(25-20)7-16(9-22-18)17-11-24-28(12-17)14(3)4/h5-14,23,27H,1-4H3,(H,25,26). The number of allylic oxidation sites excluding steroid dienone is 2. The summed E-state index contributed by atoms with van der Waals surface area (Å²) in [5.41, 5.74) is 11.1. The SMILES string of the molecule is CC(C)C1=CNNC(Nc2ccc3ncc(-c4cnn(C(C)C)c4)cc3n2)=C1. The lowest BCUT2D eigenvalue weighted by atomic mass is 10.0. The minimum atomic E-state index is 0.325. The maximum absolute atomic E-state index is 4.74. The normalized spacial score (nSPS) is 13.9. The van der Waals surface area contributed by atoms with Gasteiger partial charge in [-0.1, -0.05) is 13.8 Å². The van der Waals surface area contributed by atoms with Crippen LogP contribution in [0.2, 0.25) is 0 Å². The topological polar surface area (TPSA) is 79.7 Å². The fraction of sp³-hybridized carbons (Fsp3) is 0.286. The van der Waals surface area contributed by atoms with Crippen molar-refractivity contribution in [2.75, 3.05) is 5.32 Å². The summed E-state index contributed by atoms with van der Waals surface area (Å²) in [4.78, 5) is 9.29. The van der Waals surface area contributed by atoms with Crippen LogP contribution in [0.25, 0.3) is 22.2 Å². The molecule has 144 valence electrons. The van der Waals surface area contributed by atoms with Crippen LogP contribution >= 0.6 is 0 Å². The molecule has 1 aliphatic rings. The predicted octanol–water partition coefficient (Wildman–Crippen LogP) is 3.98. The Morgan fingerprint density at radius 3 is 2.64 bits per heavy atom. The highest BCUT2D eigenvalue weighted by atomic mass is 15.4. The minimum absolute atomic E-state index is 0.325. The average molecular weight is 375 g/mol. The number of nitrogens with zero attached hydrogens (tertiary/aromatic N) is 4. The molecule has 1 aliphatic heterocycles. The van der Waals surface area contributed by atoms with E-state index in [-0.39, 0.29) is 0 Å². The molecule has 0 atom stereocenters. The van der Waals surface area contributed by atoms with Crippen LogP contribution in [0.4, 0.5) is 5.82 Å². The summed E-state index contributed by atoms with van der Waals surface area (Å²) in [6.07, 6.45) is 9.83. The number of nitrogens with one attached hydrogen (secondary N) is 3. The second-order valence-corrected chi connectivity index (χ2v) is 7.51. The van der Waals surface area contributed by atoms with Gasteiger partial charge in [-0.2, -0.15) is 5.10 Å². The lowest BCUT2D eigenvalue weighted by Gasteiger charge is -2.20. The number of hydrogen-bond acceptors (Lipinski definition) is 6. The van der Waals surface area contributed by atoms with Crippen LogP contribution in [0.15, 0.2) is 60.5 Å². The molecule has 3 aromatic heterocycles. The van der Waals surface area contributed by atoms with E-state index in [4.69, 9.17) is 4.98 Å². The molecular weight excluding hydrogens is 350 g/mol. The van der Waals surface area contributed by atoms with Gasteiger partial charge in [-0.15, -0.1) is 0 Å². The van der Waals surface area contributed by atoms with E-state index in [1.165, 1.54) is 5.57 Å².